The maximum absolute atomic E-state index is 13.8. The first-order valence-corrected chi connectivity index (χ1v) is 19.9. The molecule has 0 aromatic rings. The van der Waals surface area contributed by atoms with E-state index >= 15 is 0 Å². The van der Waals surface area contributed by atoms with Crippen LogP contribution in [0.2, 0.25) is 0 Å². The van der Waals surface area contributed by atoms with E-state index in [1.54, 1.807) is 0 Å². The van der Waals surface area contributed by atoms with Gasteiger partial charge in [-0.2, -0.15) is 0 Å². The minimum atomic E-state index is -2.72. The van der Waals surface area contributed by atoms with Crippen molar-refractivity contribution >= 4 is 40.3 Å². The number of hydrogen-bond donors (Lipinski definition) is 0. The molecule has 0 unspecified atom stereocenters. The molecule has 0 spiro atoms. The lowest BCUT2D eigenvalue weighted by Crippen LogP contribution is -2.20. The van der Waals surface area contributed by atoms with Crippen molar-refractivity contribution in [2.24, 2.45) is 0 Å². The highest BCUT2D eigenvalue weighted by Crippen LogP contribution is 2.79. The Morgan fingerprint density at radius 2 is 0.593 bits per heavy atom. The average molecular weight is 478 g/mol. The summed E-state index contributed by atoms with van der Waals surface area (Å²) >= 11 is 1.36. The van der Waals surface area contributed by atoms with Gasteiger partial charge in [0.1, 0.15) is 38.0 Å². The van der Waals surface area contributed by atoms with E-state index in [0.29, 0.717) is 49.3 Å². The molecule has 0 aliphatic rings. The Bertz CT molecular complexity index is 511. The Balaban J connectivity index is 6.64. The van der Waals surface area contributed by atoms with Crippen LogP contribution in [0.15, 0.2) is 0 Å². The minimum Gasteiger partial charge on any atom is -0.322 e. The first kappa shape index (κ1) is 28.3. The fraction of sp³-hybridized carbons (Fsp3) is 1.00. The van der Waals surface area contributed by atoms with Gasteiger partial charge in [-0.1, -0.05) is 55.4 Å². The summed E-state index contributed by atoms with van der Waals surface area (Å²) in [5.74, 6) is 0. The molecule has 0 bridgehead atoms. The molecule has 0 amide bonds. The number of thioether (sulfide) groups is 1. The monoisotopic (exact) mass is 478 g/mol. The van der Waals surface area contributed by atoms with Crippen LogP contribution in [0.4, 0.5) is 0 Å². The second-order valence-corrected chi connectivity index (χ2v) is 25.3. The van der Waals surface area contributed by atoms with Gasteiger partial charge in [0.2, 0.25) is 0 Å². The Labute approximate surface area is 172 Å². The van der Waals surface area contributed by atoms with Crippen molar-refractivity contribution < 1.29 is 18.3 Å². The Morgan fingerprint density at radius 3 is 0.704 bits per heavy atom. The molecule has 164 valence electrons. The SMILES string of the molecule is CCP(=O)(CC)C(SC(P(=O)(CC)CC)P(=O)(CC)CC)P(=O)(CC)CC. The molecular formula is C18H42O4P4S. The summed E-state index contributed by atoms with van der Waals surface area (Å²) in [7, 11) is -10.9. The van der Waals surface area contributed by atoms with Crippen LogP contribution in [0.5, 0.6) is 0 Å². The van der Waals surface area contributed by atoms with Crippen LogP contribution in [-0.4, -0.2) is 58.8 Å². The van der Waals surface area contributed by atoms with Crippen LogP contribution in [0.25, 0.3) is 0 Å². The van der Waals surface area contributed by atoms with E-state index in [1.807, 2.05) is 55.4 Å². The molecule has 0 saturated carbocycles. The minimum absolute atomic E-state index is 0.489. The largest absolute Gasteiger partial charge is 0.322 e. The first-order chi connectivity index (χ1) is 12.5. The fourth-order valence-corrected chi connectivity index (χ4v) is 27.8. The molecule has 0 radical (unpaired) electrons. The van der Waals surface area contributed by atoms with Crippen molar-refractivity contribution in [1.82, 2.24) is 0 Å². The molecule has 4 nitrogen and oxygen atoms in total. The van der Waals surface area contributed by atoms with E-state index in [-0.39, 0.29) is 0 Å². The highest BCUT2D eigenvalue weighted by Gasteiger charge is 2.50. The van der Waals surface area contributed by atoms with Crippen molar-refractivity contribution in [2.75, 3.05) is 49.3 Å². The quantitative estimate of drug-likeness (QED) is 0.237. The Hall–Kier alpha value is 1.27. The summed E-state index contributed by atoms with van der Waals surface area (Å²) in [6, 6.07) is 0. The van der Waals surface area contributed by atoms with E-state index in [1.165, 1.54) is 11.8 Å². The standard InChI is InChI=1S/C18H42O4P4S/c1-9-23(19,10-2)17(24(20,11-3)12-4)27-18(25(21,13-5)14-6)26(22,15-7)16-8/h17-18H,9-16H2,1-8H3. The Morgan fingerprint density at radius 1 is 0.444 bits per heavy atom. The summed E-state index contributed by atoms with van der Waals surface area (Å²) in [4.78, 5) is 0. The van der Waals surface area contributed by atoms with Crippen molar-refractivity contribution in [1.29, 1.82) is 0 Å². The van der Waals surface area contributed by atoms with Crippen LogP contribution in [0, 0.1) is 0 Å². The molecule has 9 heteroatoms. The van der Waals surface area contributed by atoms with E-state index < -0.39 is 38.0 Å². The van der Waals surface area contributed by atoms with Gasteiger partial charge in [-0.15, -0.1) is 11.8 Å². The van der Waals surface area contributed by atoms with Gasteiger partial charge in [0.15, 0.2) is 0 Å². The lowest BCUT2D eigenvalue weighted by Gasteiger charge is -2.39. The van der Waals surface area contributed by atoms with Gasteiger partial charge in [-0.3, -0.25) is 0 Å². The molecule has 0 saturated heterocycles. The van der Waals surface area contributed by atoms with Gasteiger partial charge in [0, 0.05) is 0 Å². The predicted molar refractivity (Wildman–Crippen MR) is 130 cm³/mol. The van der Waals surface area contributed by atoms with Crippen molar-refractivity contribution in [3.05, 3.63) is 0 Å². The maximum Gasteiger partial charge on any atom is 0.112 e. The maximum atomic E-state index is 13.8. The lowest BCUT2D eigenvalue weighted by molar-refractivity contribution is 0.568. The summed E-state index contributed by atoms with van der Waals surface area (Å²) in [5.41, 5.74) is 0. The van der Waals surface area contributed by atoms with E-state index in [2.05, 4.69) is 0 Å². The molecule has 0 fully saturated rings. The molecule has 0 heterocycles. The smallest absolute Gasteiger partial charge is 0.112 e. The van der Waals surface area contributed by atoms with Crippen LogP contribution in [0.3, 0.4) is 0 Å². The predicted octanol–water partition coefficient (Wildman–Crippen LogP) is 7.90. The third kappa shape index (κ3) is 6.14. The van der Waals surface area contributed by atoms with Gasteiger partial charge < -0.3 is 18.3 Å². The summed E-state index contributed by atoms with van der Waals surface area (Å²) in [6.07, 6.45) is 3.91. The van der Waals surface area contributed by atoms with E-state index in [4.69, 9.17) is 0 Å². The zero-order valence-corrected chi connectivity index (χ0v) is 23.0. The molecule has 0 rings (SSSR count). The second kappa shape index (κ2) is 11.6. The van der Waals surface area contributed by atoms with Gasteiger partial charge >= 0.3 is 0 Å². The van der Waals surface area contributed by atoms with Crippen LogP contribution in [0.1, 0.15) is 55.4 Å². The van der Waals surface area contributed by atoms with Crippen LogP contribution < -0.4 is 0 Å². The van der Waals surface area contributed by atoms with Crippen molar-refractivity contribution in [3.63, 3.8) is 0 Å². The highest BCUT2D eigenvalue weighted by atomic mass is 32.2. The second-order valence-electron chi connectivity index (χ2n) is 7.13. The summed E-state index contributed by atoms with van der Waals surface area (Å²) < 4.78 is 54.1. The van der Waals surface area contributed by atoms with Gasteiger partial charge in [-0.05, 0) is 49.3 Å². The third-order valence-corrected chi connectivity index (χ3v) is 29.5. The first-order valence-electron chi connectivity index (χ1n) is 10.4. The summed E-state index contributed by atoms with van der Waals surface area (Å²) in [5, 5.41) is 0. The van der Waals surface area contributed by atoms with Crippen LogP contribution >= 0.6 is 40.3 Å². The average Bonchev–Trinajstić information content (AvgIpc) is 2.72. The molecule has 0 atom stereocenters. The molecule has 0 N–H and O–H groups in total. The summed E-state index contributed by atoms with van der Waals surface area (Å²) in [6.45, 7) is 15.2. The zero-order valence-electron chi connectivity index (χ0n) is 18.6. The molecule has 0 aliphatic heterocycles. The third-order valence-electron chi connectivity index (χ3n) is 6.14. The lowest BCUT2D eigenvalue weighted by atomic mass is 11.0. The molecule has 0 aromatic heterocycles. The van der Waals surface area contributed by atoms with Gasteiger partial charge in [-0.25, -0.2) is 0 Å². The molecule has 0 aromatic carbocycles. The molecular weight excluding hydrogens is 436 g/mol. The molecule has 0 aliphatic carbocycles. The van der Waals surface area contributed by atoms with Gasteiger partial charge in [0.05, 0.1) is 0 Å². The molecule has 27 heavy (non-hydrogen) atoms. The van der Waals surface area contributed by atoms with E-state index in [0.717, 1.165) is 0 Å². The fourth-order valence-electron chi connectivity index (χ4n) is 3.46. The zero-order chi connectivity index (χ0) is 21.5. The number of rotatable bonds is 14. The number of hydrogen-bond acceptors (Lipinski definition) is 5. The van der Waals surface area contributed by atoms with Crippen molar-refractivity contribution in [2.45, 2.75) is 64.9 Å². The highest BCUT2D eigenvalue weighted by molar-refractivity contribution is 8.23. The Kier molecular flexibility index (Phi) is 12.2. The van der Waals surface area contributed by atoms with Crippen LogP contribution in [-0.2, 0) is 18.3 Å². The van der Waals surface area contributed by atoms with Gasteiger partial charge in [0.25, 0.3) is 0 Å². The van der Waals surface area contributed by atoms with E-state index in [9.17, 15) is 18.3 Å². The topological polar surface area (TPSA) is 68.3 Å². The normalized spacial score (nSPS) is 14.3. The van der Waals surface area contributed by atoms with Crippen molar-refractivity contribution in [3.8, 4) is 0 Å².